The van der Waals surface area contributed by atoms with E-state index in [-0.39, 0.29) is 36.5 Å². The molecular weight excluding hydrogens is 639 g/mol. The second-order valence-corrected chi connectivity index (χ2v) is 13.4. The van der Waals surface area contributed by atoms with Gasteiger partial charge in [-0.25, -0.2) is 0 Å². The minimum absolute atomic E-state index is 0.00801. The average Bonchev–Trinajstić information content (AvgIpc) is 3.12. The van der Waals surface area contributed by atoms with Gasteiger partial charge in [0, 0.05) is 55.8 Å². The maximum atomic E-state index is 12.4. The summed E-state index contributed by atoms with van der Waals surface area (Å²) in [4.78, 5) is 23.4. The van der Waals surface area contributed by atoms with Crippen LogP contribution < -0.4 is 15.4 Å². The molecule has 4 atom stereocenters. The lowest BCUT2D eigenvalue weighted by Crippen LogP contribution is -2.39. The highest BCUT2D eigenvalue weighted by atomic mass is 32.2. The zero-order valence-electron chi connectivity index (χ0n) is 28.0. The Balaban J connectivity index is 1.27. The summed E-state index contributed by atoms with van der Waals surface area (Å²) in [7, 11) is 0. The molecule has 4 aromatic rings. The number of rotatable bonds is 15. The van der Waals surface area contributed by atoms with Crippen LogP contribution in [-0.2, 0) is 32.2 Å². The molecule has 1 aliphatic rings. The molecule has 10 heteroatoms. The Hall–Kier alpha value is -4.22. The first-order valence-corrected chi connectivity index (χ1v) is 17.8. The largest absolute Gasteiger partial charge is 0.618 e. The van der Waals surface area contributed by atoms with Gasteiger partial charge in [-0.05, 0) is 58.9 Å². The summed E-state index contributed by atoms with van der Waals surface area (Å²) in [5.74, 6) is 0.544. The number of benzene rings is 3. The first kappa shape index (κ1) is 36.1. The summed E-state index contributed by atoms with van der Waals surface area (Å²) in [5, 5.41) is 28.3. The van der Waals surface area contributed by atoms with E-state index in [1.165, 1.54) is 24.9 Å². The molecule has 5 rings (SSSR count). The number of ether oxygens (including phenoxy) is 2. The number of hydrogen-bond acceptors (Lipinski definition) is 7. The van der Waals surface area contributed by atoms with Gasteiger partial charge in [0.25, 0.3) is 5.03 Å². The zero-order valence-corrected chi connectivity index (χ0v) is 28.9. The predicted octanol–water partition coefficient (Wildman–Crippen LogP) is 6.38. The van der Waals surface area contributed by atoms with Gasteiger partial charge in [0.1, 0.15) is 0 Å². The summed E-state index contributed by atoms with van der Waals surface area (Å²) < 4.78 is 14.2. The number of nitrogens with one attached hydrogen (secondary N) is 2. The third-order valence-corrected chi connectivity index (χ3v) is 9.78. The van der Waals surface area contributed by atoms with Crippen molar-refractivity contribution >= 4 is 23.6 Å². The molecule has 1 saturated heterocycles. The third-order valence-electron chi connectivity index (χ3n) is 8.67. The van der Waals surface area contributed by atoms with E-state index >= 15 is 0 Å². The molecule has 0 saturated carbocycles. The minimum Gasteiger partial charge on any atom is -0.618 e. The summed E-state index contributed by atoms with van der Waals surface area (Å²) in [6.07, 6.45) is 3.37. The smallest absolute Gasteiger partial charge is 0.251 e. The summed E-state index contributed by atoms with van der Waals surface area (Å²) in [6.45, 7) is 4.66. The number of aliphatic hydroxyl groups excluding tert-OH is 1. The first-order chi connectivity index (χ1) is 23.8. The molecule has 9 nitrogen and oxygen atoms in total. The number of aromatic nitrogens is 1. The molecule has 0 aliphatic carbocycles. The number of amides is 2. The zero-order chi connectivity index (χ0) is 34.6. The molecule has 0 bridgehead atoms. The van der Waals surface area contributed by atoms with Crippen LogP contribution >= 0.6 is 11.8 Å². The van der Waals surface area contributed by atoms with E-state index < -0.39 is 6.29 Å². The quantitative estimate of drug-likeness (QED) is 0.0576. The van der Waals surface area contributed by atoms with Crippen LogP contribution in [0.25, 0.3) is 11.1 Å². The Morgan fingerprint density at radius 2 is 1.63 bits per heavy atom. The Labute approximate surface area is 292 Å². The normalized spacial score (nSPS) is 18.9. The van der Waals surface area contributed by atoms with Crippen molar-refractivity contribution in [3.8, 4) is 11.1 Å². The first-order valence-electron chi connectivity index (χ1n) is 16.8. The highest BCUT2D eigenvalue weighted by molar-refractivity contribution is 7.99. The van der Waals surface area contributed by atoms with E-state index in [2.05, 4.69) is 35.8 Å². The van der Waals surface area contributed by atoms with Crippen molar-refractivity contribution in [2.75, 3.05) is 12.3 Å². The fourth-order valence-electron chi connectivity index (χ4n) is 5.87. The van der Waals surface area contributed by atoms with Gasteiger partial charge in [0.05, 0.1) is 18.8 Å². The number of aliphatic hydroxyl groups is 1. The van der Waals surface area contributed by atoms with Gasteiger partial charge in [0.15, 0.2) is 12.5 Å². The lowest BCUT2D eigenvalue weighted by atomic mass is 9.91. The van der Waals surface area contributed by atoms with Crippen LogP contribution in [-0.4, -0.2) is 35.3 Å². The fourth-order valence-corrected chi connectivity index (χ4v) is 6.95. The fraction of sp³-hybridized carbons (Fsp3) is 0.359. The second-order valence-electron chi connectivity index (χ2n) is 12.4. The molecule has 0 radical (unpaired) electrons. The van der Waals surface area contributed by atoms with Crippen LogP contribution in [0.1, 0.15) is 74.2 Å². The maximum Gasteiger partial charge on any atom is 0.251 e. The Kier molecular flexibility index (Phi) is 13.2. The maximum absolute atomic E-state index is 12.4. The van der Waals surface area contributed by atoms with E-state index in [1.54, 1.807) is 6.07 Å². The molecule has 258 valence electrons. The number of carbonyl (C=O) groups excluding carboxylic acids is 2. The van der Waals surface area contributed by atoms with Crippen molar-refractivity contribution in [1.29, 1.82) is 0 Å². The summed E-state index contributed by atoms with van der Waals surface area (Å²) >= 11 is 1.47. The van der Waals surface area contributed by atoms with Gasteiger partial charge in [-0.2, -0.15) is 4.73 Å². The van der Waals surface area contributed by atoms with E-state index in [0.29, 0.717) is 30.3 Å². The van der Waals surface area contributed by atoms with Crippen LogP contribution in [0.5, 0.6) is 0 Å². The molecular formula is C39H45N3O6S. The Morgan fingerprint density at radius 3 is 2.39 bits per heavy atom. The SMILES string of the molecule is CC(=O)NCCCCCC(=O)NCc1cccc(-c2cccc([C@@H]3O[C@H](CSc4cccc[n+]4[O-])[C@H](C)[C@H](c4ccc(CO)cc4)O3)c2)c1. The van der Waals surface area contributed by atoms with E-state index in [9.17, 15) is 19.9 Å². The Morgan fingerprint density at radius 1 is 0.857 bits per heavy atom. The topological polar surface area (TPSA) is 124 Å². The molecule has 1 fully saturated rings. The minimum atomic E-state index is -0.639. The standard InChI is InChI=1S/C39H45N3O6S/c1-27-35(26-49-37-15-5-7-21-42(37)46)47-39(48-38(27)31-18-16-29(25-43)17-19-31)34-13-9-12-33(23-34)32-11-8-10-30(22-32)24-41-36(45)14-4-3-6-20-40-28(2)44/h5,7-13,15-19,21-23,27,35,38-39,43H,3-4,6,14,20,24-26H2,1-2H3,(H,40,44)(H,41,45)/t27-,35+,38+,39+/m0/s1. The summed E-state index contributed by atoms with van der Waals surface area (Å²) in [5.41, 5.74) is 5.74. The highest BCUT2D eigenvalue weighted by Gasteiger charge is 2.38. The third kappa shape index (κ3) is 10.4. The molecule has 0 spiro atoms. The van der Waals surface area contributed by atoms with Crippen molar-refractivity contribution in [3.63, 3.8) is 0 Å². The van der Waals surface area contributed by atoms with E-state index in [0.717, 1.165) is 57.4 Å². The van der Waals surface area contributed by atoms with Crippen molar-refractivity contribution in [1.82, 2.24) is 10.6 Å². The molecule has 0 unspecified atom stereocenters. The lowest BCUT2D eigenvalue weighted by molar-refractivity contribution is -0.645. The highest BCUT2D eigenvalue weighted by Crippen LogP contribution is 2.43. The van der Waals surface area contributed by atoms with Gasteiger partial charge >= 0.3 is 0 Å². The van der Waals surface area contributed by atoms with Crippen LogP contribution in [0, 0.1) is 11.1 Å². The lowest BCUT2D eigenvalue weighted by Gasteiger charge is -2.41. The van der Waals surface area contributed by atoms with Crippen LogP contribution in [0.2, 0.25) is 0 Å². The molecule has 2 heterocycles. The molecule has 49 heavy (non-hydrogen) atoms. The number of pyridine rings is 1. The predicted molar refractivity (Wildman–Crippen MR) is 190 cm³/mol. The van der Waals surface area contributed by atoms with Crippen LogP contribution in [0.15, 0.2) is 102 Å². The average molecular weight is 684 g/mol. The van der Waals surface area contributed by atoms with Crippen molar-refractivity contribution in [3.05, 3.63) is 125 Å². The van der Waals surface area contributed by atoms with Gasteiger partial charge in [-0.1, -0.05) is 85.8 Å². The molecule has 1 aromatic heterocycles. The van der Waals surface area contributed by atoms with Gasteiger partial charge in [-0.15, -0.1) is 0 Å². The van der Waals surface area contributed by atoms with Gasteiger partial charge < -0.3 is 30.4 Å². The van der Waals surface area contributed by atoms with E-state index in [4.69, 9.17) is 9.47 Å². The molecule has 1 aliphatic heterocycles. The van der Waals surface area contributed by atoms with Crippen molar-refractivity contribution in [2.24, 2.45) is 5.92 Å². The number of hydrogen-bond donors (Lipinski definition) is 3. The van der Waals surface area contributed by atoms with E-state index in [1.807, 2.05) is 66.7 Å². The van der Waals surface area contributed by atoms with Gasteiger partial charge in [-0.3, -0.25) is 9.59 Å². The number of carbonyl (C=O) groups is 2. The monoisotopic (exact) mass is 683 g/mol. The Bertz CT molecular complexity index is 1680. The number of unbranched alkanes of at least 4 members (excludes halogenated alkanes) is 2. The van der Waals surface area contributed by atoms with Gasteiger partial charge in [0.2, 0.25) is 11.8 Å². The van der Waals surface area contributed by atoms with Crippen molar-refractivity contribution < 1.29 is 28.9 Å². The van der Waals surface area contributed by atoms with Crippen LogP contribution in [0.3, 0.4) is 0 Å². The molecule has 2 amide bonds. The second kappa shape index (κ2) is 18.0. The number of thioether (sulfide) groups is 1. The van der Waals surface area contributed by atoms with Crippen LogP contribution in [0.4, 0.5) is 0 Å². The molecule has 3 N–H and O–H groups in total. The number of nitrogens with zero attached hydrogens (tertiary/aromatic N) is 1. The molecule has 3 aromatic carbocycles. The summed E-state index contributed by atoms with van der Waals surface area (Å²) in [6, 6.07) is 29.5. The van der Waals surface area contributed by atoms with Crippen molar-refractivity contribution in [2.45, 2.75) is 76.2 Å².